The average Bonchev–Trinajstić information content (AvgIpc) is 2.57. The van der Waals surface area contributed by atoms with Gasteiger partial charge < -0.3 is 10.4 Å². The van der Waals surface area contributed by atoms with Gasteiger partial charge in [0.2, 0.25) is 15.9 Å². The van der Waals surface area contributed by atoms with E-state index in [-0.39, 0.29) is 17.7 Å². The molecule has 2 atom stereocenters. The van der Waals surface area contributed by atoms with Crippen molar-refractivity contribution in [1.29, 1.82) is 0 Å². The van der Waals surface area contributed by atoms with E-state index in [1.165, 1.54) is 0 Å². The van der Waals surface area contributed by atoms with E-state index in [0.717, 1.165) is 37.7 Å². The third kappa shape index (κ3) is 4.37. The lowest BCUT2D eigenvalue weighted by Crippen LogP contribution is -2.60. The molecule has 1 amide bonds. The molecular weight excluding hydrogens is 388 g/mol. The third-order valence-corrected chi connectivity index (χ3v) is 8.35. The maximum absolute atomic E-state index is 13.2. The van der Waals surface area contributed by atoms with Gasteiger partial charge in [-0.05, 0) is 75.3 Å². The lowest BCUT2D eigenvalue weighted by atomic mass is 9.47. The van der Waals surface area contributed by atoms with Crippen LogP contribution >= 0.6 is 0 Å². The third-order valence-electron chi connectivity index (χ3n) is 6.83. The van der Waals surface area contributed by atoms with Crippen molar-refractivity contribution in [1.82, 2.24) is 10.0 Å². The Balaban J connectivity index is 1.45. The first kappa shape index (κ1) is 20.8. The molecule has 4 aliphatic rings. The van der Waals surface area contributed by atoms with Crippen LogP contribution in [-0.2, 0) is 27.1 Å². The largest absolute Gasteiger partial charge is 0.390 e. The molecule has 0 saturated heterocycles. The van der Waals surface area contributed by atoms with E-state index in [4.69, 9.17) is 0 Å². The first-order valence-electron chi connectivity index (χ1n) is 10.7. The van der Waals surface area contributed by atoms with Gasteiger partial charge in [-0.2, -0.15) is 0 Å². The lowest BCUT2D eigenvalue weighted by Gasteiger charge is -2.59. The predicted octanol–water partition coefficient (Wildman–Crippen LogP) is 2.46. The molecule has 5 rings (SSSR count). The zero-order valence-electron chi connectivity index (χ0n) is 17.3. The van der Waals surface area contributed by atoms with Gasteiger partial charge in [0.05, 0.1) is 16.8 Å². The van der Waals surface area contributed by atoms with Crippen LogP contribution in [0, 0.1) is 17.3 Å². The van der Waals surface area contributed by atoms with Crippen LogP contribution in [0.1, 0.15) is 63.5 Å². The Hall–Kier alpha value is -1.44. The molecule has 4 bridgehead atoms. The predicted molar refractivity (Wildman–Crippen MR) is 111 cm³/mol. The summed E-state index contributed by atoms with van der Waals surface area (Å²) in [6.45, 7) is 3.90. The Morgan fingerprint density at radius 1 is 1.14 bits per heavy atom. The van der Waals surface area contributed by atoms with Crippen molar-refractivity contribution in [3.63, 3.8) is 0 Å². The van der Waals surface area contributed by atoms with Crippen molar-refractivity contribution in [2.45, 2.75) is 76.3 Å². The highest BCUT2D eigenvalue weighted by Gasteiger charge is 2.60. The molecule has 6 nitrogen and oxygen atoms in total. The molecule has 3 N–H and O–H groups in total. The number of amides is 1. The molecule has 4 aliphatic carbocycles. The summed E-state index contributed by atoms with van der Waals surface area (Å²) >= 11 is 0. The van der Waals surface area contributed by atoms with E-state index in [0.29, 0.717) is 30.4 Å². The first-order chi connectivity index (χ1) is 13.6. The molecule has 0 radical (unpaired) electrons. The summed E-state index contributed by atoms with van der Waals surface area (Å²) in [7, 11) is -3.44. The molecule has 4 saturated carbocycles. The van der Waals surface area contributed by atoms with Gasteiger partial charge in [0.15, 0.2) is 0 Å². The Bertz CT molecular complexity index is 882. The van der Waals surface area contributed by atoms with Gasteiger partial charge in [0, 0.05) is 12.6 Å². The number of hydrogen-bond acceptors (Lipinski definition) is 4. The van der Waals surface area contributed by atoms with Crippen LogP contribution in [-0.4, -0.2) is 31.1 Å². The van der Waals surface area contributed by atoms with Crippen molar-refractivity contribution in [3.05, 3.63) is 35.4 Å². The van der Waals surface area contributed by atoms with Crippen LogP contribution in [0.4, 0.5) is 0 Å². The number of aliphatic hydroxyl groups is 1. The molecule has 160 valence electrons. The molecule has 0 aromatic heterocycles. The molecular formula is C22H32N2O4S. The van der Waals surface area contributed by atoms with Crippen LogP contribution in [0.5, 0.6) is 0 Å². The highest BCUT2D eigenvalue weighted by atomic mass is 32.2. The molecule has 7 heteroatoms. The second kappa shape index (κ2) is 7.36. The lowest BCUT2D eigenvalue weighted by molar-refractivity contribution is -0.178. The summed E-state index contributed by atoms with van der Waals surface area (Å²) in [6.07, 6.45) is 5.11. The minimum atomic E-state index is -3.44. The van der Waals surface area contributed by atoms with Crippen molar-refractivity contribution < 1.29 is 18.3 Å². The zero-order valence-corrected chi connectivity index (χ0v) is 18.1. The van der Waals surface area contributed by atoms with Gasteiger partial charge in [0.25, 0.3) is 0 Å². The minimum absolute atomic E-state index is 0.0167. The van der Waals surface area contributed by atoms with E-state index < -0.39 is 21.0 Å². The molecule has 4 fully saturated rings. The van der Waals surface area contributed by atoms with Crippen molar-refractivity contribution in [2.75, 3.05) is 0 Å². The Morgan fingerprint density at radius 3 is 2.34 bits per heavy atom. The number of carbonyl (C=O) groups is 1. The summed E-state index contributed by atoms with van der Waals surface area (Å²) in [5, 5.41) is 14.0. The molecule has 0 aliphatic heterocycles. The van der Waals surface area contributed by atoms with Gasteiger partial charge in [-0.25, -0.2) is 13.1 Å². The highest BCUT2D eigenvalue weighted by molar-refractivity contribution is 7.88. The summed E-state index contributed by atoms with van der Waals surface area (Å²) in [5.74, 6) is 0.813. The number of rotatable bonds is 7. The molecule has 1 aromatic rings. The zero-order chi connectivity index (χ0) is 20.9. The van der Waals surface area contributed by atoms with Crippen molar-refractivity contribution >= 4 is 15.9 Å². The topological polar surface area (TPSA) is 95.5 Å². The Labute approximate surface area is 173 Å². The van der Waals surface area contributed by atoms with E-state index >= 15 is 0 Å². The van der Waals surface area contributed by atoms with Crippen LogP contribution < -0.4 is 10.0 Å². The molecule has 0 heterocycles. The van der Waals surface area contributed by atoms with Gasteiger partial charge >= 0.3 is 0 Å². The van der Waals surface area contributed by atoms with Gasteiger partial charge in [-0.3, -0.25) is 4.79 Å². The highest BCUT2D eigenvalue weighted by Crippen LogP contribution is 2.61. The van der Waals surface area contributed by atoms with E-state index in [1.54, 1.807) is 19.9 Å². The quantitative estimate of drug-likeness (QED) is 0.631. The number of nitrogens with one attached hydrogen (secondary N) is 2. The molecule has 1 aromatic carbocycles. The smallest absolute Gasteiger partial charge is 0.226 e. The van der Waals surface area contributed by atoms with Gasteiger partial charge in [-0.15, -0.1) is 0 Å². The fraction of sp³-hybridized carbons (Fsp3) is 0.682. The number of hydrogen-bond donors (Lipinski definition) is 3. The number of carbonyl (C=O) groups excluding carboxylic acids is 1. The molecule has 0 spiro atoms. The fourth-order valence-electron chi connectivity index (χ4n) is 6.32. The van der Waals surface area contributed by atoms with E-state index in [2.05, 4.69) is 10.0 Å². The van der Waals surface area contributed by atoms with E-state index in [1.807, 2.05) is 18.2 Å². The summed E-state index contributed by atoms with van der Waals surface area (Å²) in [5.41, 5.74) is 0.387. The maximum atomic E-state index is 13.2. The van der Waals surface area contributed by atoms with Crippen LogP contribution in [0.2, 0.25) is 0 Å². The molecule has 2 unspecified atom stereocenters. The van der Waals surface area contributed by atoms with E-state index in [9.17, 15) is 18.3 Å². The van der Waals surface area contributed by atoms with Crippen molar-refractivity contribution in [2.24, 2.45) is 17.3 Å². The Kier molecular flexibility index (Phi) is 5.28. The fourth-order valence-corrected chi connectivity index (χ4v) is 7.81. The van der Waals surface area contributed by atoms with Crippen LogP contribution in [0.15, 0.2) is 24.3 Å². The Morgan fingerprint density at radius 2 is 1.76 bits per heavy atom. The maximum Gasteiger partial charge on any atom is 0.226 e. The summed E-state index contributed by atoms with van der Waals surface area (Å²) in [4.78, 5) is 13.2. The van der Waals surface area contributed by atoms with Crippen LogP contribution in [0.25, 0.3) is 0 Å². The van der Waals surface area contributed by atoms with Crippen molar-refractivity contribution in [3.8, 4) is 0 Å². The standard InChI is InChI=1S/C22H32N2O4S/c1-15(2)24-29(27,28)13-19-6-4-3-5-18(19)12-23-20(25)21-8-16-7-17(9-21)11-22(26,10-16)14-21/h3-6,15-17,24,26H,7-14H2,1-2H3,(H,23,25). The monoisotopic (exact) mass is 420 g/mol. The summed E-state index contributed by atoms with van der Waals surface area (Å²) < 4.78 is 27.3. The normalized spacial score (nSPS) is 33.2. The summed E-state index contributed by atoms with van der Waals surface area (Å²) in [6, 6.07) is 7.19. The number of benzene rings is 1. The molecule has 29 heavy (non-hydrogen) atoms. The average molecular weight is 421 g/mol. The van der Waals surface area contributed by atoms with Gasteiger partial charge in [0.1, 0.15) is 0 Å². The second-order valence-corrected chi connectivity index (χ2v) is 11.7. The first-order valence-corrected chi connectivity index (χ1v) is 12.3. The number of sulfonamides is 1. The second-order valence-electron chi connectivity index (χ2n) is 9.95. The van der Waals surface area contributed by atoms with Gasteiger partial charge in [-0.1, -0.05) is 24.3 Å². The minimum Gasteiger partial charge on any atom is -0.390 e. The van der Waals surface area contributed by atoms with Crippen LogP contribution in [0.3, 0.4) is 0 Å². The SMILES string of the molecule is CC(C)NS(=O)(=O)Cc1ccccc1CNC(=O)C12CC3CC(CC(O)(C3)C1)C2.